The number of rotatable bonds is 8. The molecular formula is C29H24N2O2. The van der Waals surface area contributed by atoms with E-state index in [4.69, 9.17) is 4.74 Å². The number of nitrogens with one attached hydrogen (secondary N) is 1. The van der Waals surface area contributed by atoms with E-state index in [1.807, 2.05) is 109 Å². The zero-order valence-corrected chi connectivity index (χ0v) is 18.1. The minimum Gasteiger partial charge on any atom is -0.459 e. The Hall–Kier alpha value is -4.20. The fraction of sp³-hybridized carbons (Fsp3) is 0.103. The number of carbonyl (C=O) groups excluding carboxylic acids is 1. The van der Waals surface area contributed by atoms with Crippen LogP contribution in [0.4, 0.5) is 0 Å². The molecule has 4 nitrogen and oxygen atoms in total. The number of carbonyl (C=O) groups is 1. The monoisotopic (exact) mass is 432 g/mol. The highest BCUT2D eigenvalue weighted by atomic mass is 16.5. The van der Waals surface area contributed by atoms with Crippen LogP contribution in [0.25, 0.3) is 11.1 Å². The summed E-state index contributed by atoms with van der Waals surface area (Å²) < 4.78 is 5.60. The van der Waals surface area contributed by atoms with E-state index < -0.39 is 6.04 Å². The second-order valence-electron chi connectivity index (χ2n) is 7.67. The quantitative estimate of drug-likeness (QED) is 0.358. The maximum atomic E-state index is 12.9. The number of esters is 1. The van der Waals surface area contributed by atoms with Crippen molar-refractivity contribution in [1.29, 1.82) is 5.26 Å². The number of nitrogens with zero attached hydrogens (tertiary/aromatic N) is 1. The molecule has 0 fully saturated rings. The van der Waals surface area contributed by atoms with Crippen molar-refractivity contribution in [3.8, 4) is 17.2 Å². The summed E-state index contributed by atoms with van der Waals surface area (Å²) in [7, 11) is 0. The molecule has 4 aromatic carbocycles. The molecule has 162 valence electrons. The summed E-state index contributed by atoms with van der Waals surface area (Å²) in [4.78, 5) is 12.9. The van der Waals surface area contributed by atoms with E-state index in [1.165, 1.54) is 0 Å². The molecule has 0 aromatic heterocycles. The van der Waals surface area contributed by atoms with Gasteiger partial charge in [-0.05, 0) is 33.9 Å². The van der Waals surface area contributed by atoms with E-state index in [0.717, 1.165) is 27.8 Å². The van der Waals surface area contributed by atoms with Crippen molar-refractivity contribution >= 4 is 5.97 Å². The fourth-order valence-electron chi connectivity index (χ4n) is 3.65. The lowest BCUT2D eigenvalue weighted by molar-refractivity contribution is -0.147. The molecule has 1 atom stereocenters. The highest BCUT2D eigenvalue weighted by molar-refractivity contribution is 5.77. The van der Waals surface area contributed by atoms with E-state index in [1.54, 1.807) is 0 Å². The van der Waals surface area contributed by atoms with E-state index >= 15 is 0 Å². The molecular weight excluding hydrogens is 408 g/mol. The lowest BCUT2D eigenvalue weighted by Gasteiger charge is -2.18. The van der Waals surface area contributed by atoms with Gasteiger partial charge in [0.2, 0.25) is 0 Å². The Morgan fingerprint density at radius 2 is 1.42 bits per heavy atom. The average Bonchev–Trinajstić information content (AvgIpc) is 2.89. The van der Waals surface area contributed by atoms with Crippen LogP contribution >= 0.6 is 0 Å². The molecule has 33 heavy (non-hydrogen) atoms. The summed E-state index contributed by atoms with van der Waals surface area (Å²) in [6.45, 7) is 0.734. The van der Waals surface area contributed by atoms with Crippen molar-refractivity contribution in [2.75, 3.05) is 0 Å². The van der Waals surface area contributed by atoms with E-state index in [9.17, 15) is 10.1 Å². The first-order valence-electron chi connectivity index (χ1n) is 10.8. The standard InChI is InChI=1S/C29H24N2O2/c30-19-26-13-7-8-14-27(26)24-17-15-22(16-18-24)20-31-28(25-11-5-2-6-12-25)29(32)33-21-23-9-3-1-4-10-23/h1-18,28,31H,20-21H2. The lowest BCUT2D eigenvalue weighted by atomic mass is 9.99. The topological polar surface area (TPSA) is 62.1 Å². The third-order valence-corrected chi connectivity index (χ3v) is 5.42. The molecule has 0 bridgehead atoms. The Morgan fingerprint density at radius 3 is 2.12 bits per heavy atom. The maximum Gasteiger partial charge on any atom is 0.328 e. The van der Waals surface area contributed by atoms with Crippen molar-refractivity contribution in [1.82, 2.24) is 5.32 Å². The SMILES string of the molecule is N#Cc1ccccc1-c1ccc(CNC(C(=O)OCc2ccccc2)c2ccccc2)cc1. The number of nitriles is 1. The van der Waals surface area contributed by atoms with Crippen LogP contribution < -0.4 is 5.32 Å². The van der Waals surface area contributed by atoms with Gasteiger partial charge in [-0.1, -0.05) is 103 Å². The molecule has 4 aromatic rings. The summed E-state index contributed by atoms with van der Waals surface area (Å²) >= 11 is 0. The van der Waals surface area contributed by atoms with Crippen LogP contribution in [0, 0.1) is 11.3 Å². The van der Waals surface area contributed by atoms with Crippen LogP contribution in [0.1, 0.15) is 28.3 Å². The van der Waals surface area contributed by atoms with Crippen LogP contribution in [0.5, 0.6) is 0 Å². The van der Waals surface area contributed by atoms with Gasteiger partial charge in [-0.25, -0.2) is 4.79 Å². The summed E-state index contributed by atoms with van der Waals surface area (Å²) in [6, 6.07) is 36.5. The molecule has 0 saturated heterocycles. The van der Waals surface area contributed by atoms with Gasteiger partial charge in [0.05, 0.1) is 11.6 Å². The minimum absolute atomic E-state index is 0.234. The molecule has 0 spiro atoms. The smallest absolute Gasteiger partial charge is 0.328 e. The molecule has 0 heterocycles. The highest BCUT2D eigenvalue weighted by Gasteiger charge is 2.21. The Kier molecular flexibility index (Phi) is 7.27. The average molecular weight is 433 g/mol. The van der Waals surface area contributed by atoms with Gasteiger partial charge in [-0.2, -0.15) is 5.26 Å². The number of hydrogen-bond donors (Lipinski definition) is 1. The van der Waals surface area contributed by atoms with Crippen molar-refractivity contribution in [3.63, 3.8) is 0 Å². The molecule has 4 heteroatoms. The molecule has 0 aliphatic carbocycles. The lowest BCUT2D eigenvalue weighted by Crippen LogP contribution is -2.29. The maximum absolute atomic E-state index is 12.9. The summed E-state index contributed by atoms with van der Waals surface area (Å²) in [5.74, 6) is -0.315. The minimum atomic E-state index is -0.575. The predicted octanol–water partition coefficient (Wildman–Crippen LogP) is 5.80. The molecule has 0 aliphatic heterocycles. The van der Waals surface area contributed by atoms with Gasteiger partial charge in [0.25, 0.3) is 0 Å². The zero-order valence-electron chi connectivity index (χ0n) is 18.1. The molecule has 1 N–H and O–H groups in total. The van der Waals surface area contributed by atoms with E-state index in [0.29, 0.717) is 12.1 Å². The first-order valence-corrected chi connectivity index (χ1v) is 10.8. The predicted molar refractivity (Wildman–Crippen MR) is 129 cm³/mol. The summed E-state index contributed by atoms with van der Waals surface area (Å²) in [5.41, 5.74) is 5.38. The van der Waals surface area contributed by atoms with Crippen LogP contribution in [0.2, 0.25) is 0 Å². The first-order chi connectivity index (χ1) is 16.2. The Morgan fingerprint density at radius 1 is 0.788 bits per heavy atom. The van der Waals surface area contributed by atoms with Gasteiger partial charge in [0.1, 0.15) is 12.6 Å². The van der Waals surface area contributed by atoms with E-state index in [-0.39, 0.29) is 12.6 Å². The highest BCUT2D eigenvalue weighted by Crippen LogP contribution is 2.24. The number of benzene rings is 4. The van der Waals surface area contributed by atoms with Gasteiger partial charge in [-0.3, -0.25) is 5.32 Å². The summed E-state index contributed by atoms with van der Waals surface area (Å²) in [5, 5.41) is 12.7. The van der Waals surface area contributed by atoms with Crippen LogP contribution in [0.3, 0.4) is 0 Å². The van der Waals surface area contributed by atoms with Crippen molar-refractivity contribution in [2.24, 2.45) is 0 Å². The number of ether oxygens (including phenoxy) is 1. The molecule has 1 unspecified atom stereocenters. The third kappa shape index (κ3) is 5.74. The zero-order chi connectivity index (χ0) is 22.9. The summed E-state index contributed by atoms with van der Waals surface area (Å²) in [6.07, 6.45) is 0. The van der Waals surface area contributed by atoms with Gasteiger partial charge < -0.3 is 4.74 Å². The van der Waals surface area contributed by atoms with Crippen LogP contribution in [-0.2, 0) is 22.7 Å². The van der Waals surface area contributed by atoms with Crippen LogP contribution in [0.15, 0.2) is 109 Å². The van der Waals surface area contributed by atoms with Crippen molar-refractivity contribution in [3.05, 3.63) is 131 Å². The van der Waals surface area contributed by atoms with Gasteiger partial charge in [0.15, 0.2) is 0 Å². The van der Waals surface area contributed by atoms with E-state index in [2.05, 4.69) is 11.4 Å². The molecule has 0 saturated carbocycles. The molecule has 4 rings (SSSR count). The van der Waals surface area contributed by atoms with Gasteiger partial charge in [-0.15, -0.1) is 0 Å². The fourth-order valence-corrected chi connectivity index (χ4v) is 3.65. The molecule has 0 aliphatic rings. The third-order valence-electron chi connectivity index (χ3n) is 5.42. The van der Waals surface area contributed by atoms with Crippen molar-refractivity contribution in [2.45, 2.75) is 19.2 Å². The second kappa shape index (κ2) is 10.9. The Balaban J connectivity index is 1.45. The Bertz CT molecular complexity index is 1230. The second-order valence-corrected chi connectivity index (χ2v) is 7.67. The van der Waals surface area contributed by atoms with Crippen molar-refractivity contribution < 1.29 is 9.53 Å². The molecule has 0 amide bonds. The normalized spacial score (nSPS) is 11.4. The van der Waals surface area contributed by atoms with Gasteiger partial charge >= 0.3 is 5.97 Å². The molecule has 0 radical (unpaired) electrons. The number of hydrogen-bond acceptors (Lipinski definition) is 4. The van der Waals surface area contributed by atoms with Gasteiger partial charge in [0, 0.05) is 6.54 Å². The Labute approximate surface area is 194 Å². The van der Waals surface area contributed by atoms with Crippen LogP contribution in [-0.4, -0.2) is 5.97 Å². The first kappa shape index (κ1) is 22.0. The largest absolute Gasteiger partial charge is 0.459 e.